The first kappa shape index (κ1) is 19.9. The number of nitrogens with zero attached hydrogens (tertiary/aromatic N) is 2. The van der Waals surface area contributed by atoms with E-state index in [1.54, 1.807) is 11.0 Å². The lowest BCUT2D eigenvalue weighted by molar-refractivity contribution is -0.153. The van der Waals surface area contributed by atoms with Crippen LogP contribution in [0.5, 0.6) is 5.75 Å². The van der Waals surface area contributed by atoms with Gasteiger partial charge in [0, 0.05) is 19.0 Å². The Labute approximate surface area is 169 Å². The molecule has 1 saturated heterocycles. The van der Waals surface area contributed by atoms with Crippen molar-refractivity contribution >= 4 is 38.5 Å². The van der Waals surface area contributed by atoms with Crippen LogP contribution in [0.15, 0.2) is 18.2 Å². The number of thiazole rings is 1. The van der Waals surface area contributed by atoms with Crippen LogP contribution in [0, 0.1) is 11.8 Å². The average Bonchev–Trinajstić information content (AvgIpc) is 3.45. The number of benzene rings is 1. The second-order valence-corrected chi connectivity index (χ2v) is 8.47. The van der Waals surface area contributed by atoms with Crippen LogP contribution < -0.4 is 10.1 Å². The molecule has 2 aliphatic rings. The Morgan fingerprint density at radius 2 is 2.03 bits per heavy atom. The zero-order valence-corrected chi connectivity index (χ0v) is 16.3. The molecular formula is C19H20F3N3O3S. The van der Waals surface area contributed by atoms with Gasteiger partial charge in [-0.25, -0.2) is 4.98 Å². The zero-order valence-electron chi connectivity index (χ0n) is 15.5. The van der Waals surface area contributed by atoms with Gasteiger partial charge in [0.2, 0.25) is 11.8 Å². The number of ether oxygens (including phenoxy) is 1. The third-order valence-electron chi connectivity index (χ3n) is 5.02. The molecule has 6 nitrogen and oxygen atoms in total. The number of hydrogen-bond acceptors (Lipinski definition) is 5. The van der Waals surface area contributed by atoms with E-state index >= 15 is 0 Å². The summed E-state index contributed by atoms with van der Waals surface area (Å²) in [7, 11) is 0. The molecule has 10 heteroatoms. The Balaban J connectivity index is 1.39. The standard InChI is InChI=1S/C19H20F3N3O3S/c20-19(21,22)10-28-13-5-6-14-15(8-13)29-18(23-14)24-16(26)12-2-1-7-25(9-12)17(27)11-3-4-11/h5-6,8,11-12H,1-4,7,9-10H2,(H,23,24,26). The molecule has 2 aromatic rings. The Bertz CT molecular complexity index is 926. The molecule has 1 aliphatic carbocycles. The van der Waals surface area contributed by atoms with E-state index < -0.39 is 12.8 Å². The first-order chi connectivity index (χ1) is 13.8. The van der Waals surface area contributed by atoms with Crippen molar-refractivity contribution in [1.29, 1.82) is 0 Å². The van der Waals surface area contributed by atoms with Crippen molar-refractivity contribution in [3.05, 3.63) is 18.2 Å². The second kappa shape index (κ2) is 7.81. The maximum Gasteiger partial charge on any atom is 0.422 e. The van der Waals surface area contributed by atoms with E-state index in [0.717, 1.165) is 19.3 Å². The Kier molecular flexibility index (Phi) is 5.37. The molecule has 1 atom stereocenters. The number of piperidine rings is 1. The molecule has 1 N–H and O–H groups in total. The molecular weight excluding hydrogens is 407 g/mol. The Morgan fingerprint density at radius 1 is 1.24 bits per heavy atom. The lowest BCUT2D eigenvalue weighted by Crippen LogP contribution is -2.44. The number of alkyl halides is 3. The molecule has 0 bridgehead atoms. The quantitative estimate of drug-likeness (QED) is 0.788. The highest BCUT2D eigenvalue weighted by atomic mass is 32.1. The lowest BCUT2D eigenvalue weighted by atomic mass is 9.97. The molecule has 2 amide bonds. The van der Waals surface area contributed by atoms with Gasteiger partial charge in [0.1, 0.15) is 5.75 Å². The van der Waals surface area contributed by atoms with Crippen LogP contribution in [-0.2, 0) is 9.59 Å². The molecule has 156 valence electrons. The summed E-state index contributed by atoms with van der Waals surface area (Å²) in [6.07, 6.45) is -1.04. The van der Waals surface area contributed by atoms with Gasteiger partial charge in [-0.15, -0.1) is 0 Å². The summed E-state index contributed by atoms with van der Waals surface area (Å²) in [5, 5.41) is 3.17. The first-order valence-corrected chi connectivity index (χ1v) is 10.3. The van der Waals surface area contributed by atoms with Gasteiger partial charge < -0.3 is 15.0 Å². The minimum Gasteiger partial charge on any atom is -0.484 e. The fourth-order valence-electron chi connectivity index (χ4n) is 3.40. The number of anilines is 1. The topological polar surface area (TPSA) is 71.5 Å². The number of hydrogen-bond donors (Lipinski definition) is 1. The molecule has 1 aromatic carbocycles. The number of halogens is 3. The van der Waals surface area contributed by atoms with Gasteiger partial charge in [-0.2, -0.15) is 13.2 Å². The van der Waals surface area contributed by atoms with E-state index in [0.29, 0.717) is 34.9 Å². The number of aromatic nitrogens is 1. The van der Waals surface area contributed by atoms with Gasteiger partial charge in [-0.05, 0) is 43.9 Å². The zero-order chi connectivity index (χ0) is 20.6. The van der Waals surface area contributed by atoms with Crippen LogP contribution in [0.3, 0.4) is 0 Å². The minimum atomic E-state index is -4.41. The molecule has 1 aromatic heterocycles. The van der Waals surface area contributed by atoms with Gasteiger partial charge in [-0.3, -0.25) is 9.59 Å². The number of carbonyl (C=O) groups excluding carboxylic acids is 2. The Hall–Kier alpha value is -2.36. The highest BCUT2D eigenvalue weighted by Gasteiger charge is 2.36. The number of likely N-dealkylation sites (tertiary alicyclic amines) is 1. The molecule has 1 unspecified atom stereocenters. The first-order valence-electron chi connectivity index (χ1n) is 9.48. The van der Waals surface area contributed by atoms with Crippen molar-refractivity contribution < 1.29 is 27.5 Å². The normalized spacial score (nSPS) is 20.0. The van der Waals surface area contributed by atoms with E-state index in [9.17, 15) is 22.8 Å². The fourth-order valence-corrected chi connectivity index (χ4v) is 4.30. The number of carbonyl (C=O) groups is 2. The van der Waals surface area contributed by atoms with Crippen molar-refractivity contribution in [3.8, 4) is 5.75 Å². The highest BCUT2D eigenvalue weighted by Crippen LogP contribution is 2.33. The van der Waals surface area contributed by atoms with Crippen molar-refractivity contribution in [2.24, 2.45) is 11.8 Å². The Morgan fingerprint density at radius 3 is 2.76 bits per heavy atom. The summed E-state index contributed by atoms with van der Waals surface area (Å²) in [5.74, 6) is -0.100. The molecule has 0 spiro atoms. The average molecular weight is 427 g/mol. The van der Waals surface area contributed by atoms with Crippen LogP contribution in [0.25, 0.3) is 10.2 Å². The number of nitrogens with one attached hydrogen (secondary N) is 1. The van der Waals surface area contributed by atoms with Crippen LogP contribution in [-0.4, -0.2) is 47.6 Å². The summed E-state index contributed by atoms with van der Waals surface area (Å²) in [5.41, 5.74) is 0.568. The third kappa shape index (κ3) is 4.98. The smallest absolute Gasteiger partial charge is 0.422 e. The molecule has 1 aliphatic heterocycles. The fraction of sp³-hybridized carbons (Fsp3) is 0.526. The molecule has 4 rings (SSSR count). The molecule has 1 saturated carbocycles. The third-order valence-corrected chi connectivity index (χ3v) is 5.96. The number of amides is 2. The predicted molar refractivity (Wildman–Crippen MR) is 102 cm³/mol. The van der Waals surface area contributed by atoms with Gasteiger partial charge in [0.15, 0.2) is 11.7 Å². The van der Waals surface area contributed by atoms with E-state index in [-0.39, 0.29) is 29.4 Å². The predicted octanol–water partition coefficient (Wildman–Crippen LogP) is 3.82. The summed E-state index contributed by atoms with van der Waals surface area (Å²) in [6, 6.07) is 4.46. The van der Waals surface area contributed by atoms with E-state index in [4.69, 9.17) is 4.74 Å². The van der Waals surface area contributed by atoms with E-state index in [1.807, 2.05) is 0 Å². The molecule has 0 radical (unpaired) electrons. The van der Waals surface area contributed by atoms with Crippen LogP contribution in [0.4, 0.5) is 18.3 Å². The van der Waals surface area contributed by atoms with Crippen LogP contribution >= 0.6 is 11.3 Å². The van der Waals surface area contributed by atoms with Crippen LogP contribution in [0.1, 0.15) is 25.7 Å². The second-order valence-electron chi connectivity index (χ2n) is 7.44. The number of fused-ring (bicyclic) bond motifs is 1. The summed E-state index contributed by atoms with van der Waals surface area (Å²) >= 11 is 1.17. The van der Waals surface area contributed by atoms with Crippen molar-refractivity contribution in [2.45, 2.75) is 31.9 Å². The summed E-state index contributed by atoms with van der Waals surface area (Å²) < 4.78 is 42.3. The lowest BCUT2D eigenvalue weighted by Gasteiger charge is -2.32. The summed E-state index contributed by atoms with van der Waals surface area (Å²) in [4.78, 5) is 31.0. The van der Waals surface area contributed by atoms with Crippen molar-refractivity contribution in [2.75, 3.05) is 25.0 Å². The van der Waals surface area contributed by atoms with Crippen molar-refractivity contribution in [1.82, 2.24) is 9.88 Å². The van der Waals surface area contributed by atoms with Gasteiger partial charge in [0.25, 0.3) is 0 Å². The highest BCUT2D eigenvalue weighted by molar-refractivity contribution is 7.22. The minimum absolute atomic E-state index is 0.0952. The monoisotopic (exact) mass is 427 g/mol. The SMILES string of the molecule is O=C(Nc1nc2ccc(OCC(F)(F)F)cc2s1)C1CCCN(C(=O)C2CC2)C1. The number of rotatable bonds is 5. The largest absolute Gasteiger partial charge is 0.484 e. The maximum absolute atomic E-state index is 12.6. The van der Waals surface area contributed by atoms with E-state index in [1.165, 1.54) is 23.5 Å². The van der Waals surface area contributed by atoms with Gasteiger partial charge >= 0.3 is 6.18 Å². The summed E-state index contributed by atoms with van der Waals surface area (Å²) in [6.45, 7) is -0.249. The van der Waals surface area contributed by atoms with Crippen molar-refractivity contribution in [3.63, 3.8) is 0 Å². The van der Waals surface area contributed by atoms with Gasteiger partial charge in [-0.1, -0.05) is 11.3 Å². The molecule has 2 fully saturated rings. The maximum atomic E-state index is 12.6. The van der Waals surface area contributed by atoms with Crippen LogP contribution in [0.2, 0.25) is 0 Å². The van der Waals surface area contributed by atoms with E-state index in [2.05, 4.69) is 10.3 Å². The molecule has 29 heavy (non-hydrogen) atoms. The molecule has 2 heterocycles. The van der Waals surface area contributed by atoms with Gasteiger partial charge in [0.05, 0.1) is 16.1 Å².